The van der Waals surface area contributed by atoms with E-state index >= 15 is 0 Å². The molecule has 3 aromatic rings. The van der Waals surface area contributed by atoms with E-state index < -0.39 is 0 Å². The fourth-order valence-corrected chi connectivity index (χ4v) is 5.04. The maximum Gasteiger partial charge on any atom is 0.266 e. The number of carbonyl (C=O) groups excluding carboxylic acids is 1. The molecule has 3 heterocycles. The van der Waals surface area contributed by atoms with Crippen LogP contribution in [0.1, 0.15) is 28.9 Å². The number of amides is 1. The minimum absolute atomic E-state index is 0.00393. The molecule has 0 aliphatic carbocycles. The third-order valence-electron chi connectivity index (χ3n) is 5.22. The highest BCUT2D eigenvalue weighted by Gasteiger charge is 2.31. The second-order valence-corrected chi connectivity index (χ2v) is 8.97. The number of nitrogens with zero attached hydrogens (tertiary/aromatic N) is 3. The minimum atomic E-state index is 0.00393. The molecule has 0 bridgehead atoms. The van der Waals surface area contributed by atoms with Gasteiger partial charge in [0.25, 0.3) is 5.91 Å². The van der Waals surface area contributed by atoms with Crippen LogP contribution in [0.5, 0.6) is 0 Å². The van der Waals surface area contributed by atoms with Crippen molar-refractivity contribution in [3.63, 3.8) is 0 Å². The molecule has 4 nitrogen and oxygen atoms in total. The van der Waals surface area contributed by atoms with E-state index in [1.807, 2.05) is 42.6 Å². The zero-order valence-corrected chi connectivity index (χ0v) is 18.7. The van der Waals surface area contributed by atoms with Crippen LogP contribution in [0.25, 0.3) is 11.8 Å². The minimum Gasteiger partial charge on any atom is -0.316 e. The summed E-state index contributed by atoms with van der Waals surface area (Å²) in [5, 5.41) is 0. The van der Waals surface area contributed by atoms with Crippen molar-refractivity contribution < 1.29 is 4.79 Å². The van der Waals surface area contributed by atoms with Crippen molar-refractivity contribution in [2.24, 2.45) is 0 Å². The van der Waals surface area contributed by atoms with Gasteiger partial charge in [-0.15, -0.1) is 0 Å². The predicted molar refractivity (Wildman–Crippen MR) is 128 cm³/mol. The molecule has 1 saturated heterocycles. The first-order valence-electron chi connectivity index (χ1n) is 9.93. The van der Waals surface area contributed by atoms with Crippen LogP contribution in [-0.2, 0) is 11.2 Å². The summed E-state index contributed by atoms with van der Waals surface area (Å²) >= 11 is 6.88. The van der Waals surface area contributed by atoms with Gasteiger partial charge in [-0.3, -0.25) is 14.7 Å². The molecule has 152 valence electrons. The Morgan fingerprint density at radius 3 is 2.67 bits per heavy atom. The van der Waals surface area contributed by atoms with Crippen molar-refractivity contribution in [1.29, 1.82) is 0 Å². The molecule has 1 amide bonds. The molecule has 2 aromatic heterocycles. The van der Waals surface area contributed by atoms with Crippen molar-refractivity contribution in [3.8, 4) is 5.69 Å². The monoisotopic (exact) mass is 433 g/mol. The van der Waals surface area contributed by atoms with Crippen molar-refractivity contribution in [2.75, 3.05) is 6.54 Å². The summed E-state index contributed by atoms with van der Waals surface area (Å²) in [6, 6.07) is 16.4. The van der Waals surface area contributed by atoms with E-state index in [0.717, 1.165) is 35.5 Å². The van der Waals surface area contributed by atoms with Gasteiger partial charge < -0.3 is 4.57 Å². The highest BCUT2D eigenvalue weighted by molar-refractivity contribution is 8.26. The van der Waals surface area contributed by atoms with E-state index in [4.69, 9.17) is 12.2 Å². The van der Waals surface area contributed by atoms with Crippen molar-refractivity contribution in [2.45, 2.75) is 26.7 Å². The Morgan fingerprint density at radius 2 is 1.93 bits per heavy atom. The highest BCUT2D eigenvalue weighted by Crippen LogP contribution is 2.34. The fraction of sp³-hybridized carbons (Fsp3) is 0.208. The van der Waals surface area contributed by atoms with E-state index in [1.165, 1.54) is 17.3 Å². The molecular formula is C24H23N3OS2. The third kappa shape index (κ3) is 4.25. The molecule has 1 fully saturated rings. The smallest absolute Gasteiger partial charge is 0.266 e. The average Bonchev–Trinajstić information content (AvgIpc) is 3.18. The molecule has 0 radical (unpaired) electrons. The highest BCUT2D eigenvalue weighted by atomic mass is 32.2. The molecule has 6 heteroatoms. The molecule has 0 spiro atoms. The summed E-state index contributed by atoms with van der Waals surface area (Å²) in [5.41, 5.74) is 5.50. The largest absolute Gasteiger partial charge is 0.316 e. The van der Waals surface area contributed by atoms with Crippen molar-refractivity contribution in [1.82, 2.24) is 14.5 Å². The Bertz CT molecular complexity index is 1100. The topological polar surface area (TPSA) is 38.1 Å². The maximum atomic E-state index is 13.0. The molecule has 0 N–H and O–H groups in total. The second kappa shape index (κ2) is 8.98. The lowest BCUT2D eigenvalue weighted by Crippen LogP contribution is -2.29. The standard InChI is InChI=1S/C24H23N3OS2/c1-17-14-20(18(2)27(17)21-11-6-12-25-16-21)15-22-23(28)26(24(29)30-22)13-7-10-19-8-4-3-5-9-19/h3-6,8-9,11-12,14-16H,7,10,13H2,1-2H3/b22-15-. The number of thiocarbonyl (C=S) groups is 1. The van der Waals surface area contributed by atoms with E-state index in [9.17, 15) is 4.79 Å². The fourth-order valence-electron chi connectivity index (χ4n) is 3.74. The number of hydrogen-bond acceptors (Lipinski definition) is 4. The number of hydrogen-bond donors (Lipinski definition) is 0. The molecule has 0 unspecified atom stereocenters. The van der Waals surface area contributed by atoms with Crippen molar-refractivity contribution >= 4 is 40.3 Å². The Morgan fingerprint density at radius 1 is 1.13 bits per heavy atom. The van der Waals surface area contributed by atoms with E-state index in [2.05, 4.69) is 41.6 Å². The lowest BCUT2D eigenvalue weighted by molar-refractivity contribution is -0.122. The zero-order valence-electron chi connectivity index (χ0n) is 17.0. The Balaban J connectivity index is 1.50. The Kier molecular flexibility index (Phi) is 6.16. The number of thioether (sulfide) groups is 1. The van der Waals surface area contributed by atoms with Gasteiger partial charge in [0.2, 0.25) is 0 Å². The molecule has 0 saturated carbocycles. The first-order valence-corrected chi connectivity index (χ1v) is 11.2. The van der Waals surface area contributed by atoms with Gasteiger partial charge in [-0.1, -0.05) is 54.3 Å². The van der Waals surface area contributed by atoms with Crippen LogP contribution < -0.4 is 0 Å². The summed E-state index contributed by atoms with van der Waals surface area (Å²) in [6.07, 6.45) is 7.39. The van der Waals surface area contributed by atoms with Gasteiger partial charge in [0, 0.05) is 24.1 Å². The van der Waals surface area contributed by atoms with Gasteiger partial charge in [-0.05, 0) is 62.1 Å². The van der Waals surface area contributed by atoms with Crippen LogP contribution in [0, 0.1) is 13.8 Å². The Hall–Kier alpha value is -2.70. The number of rotatable bonds is 6. The van der Waals surface area contributed by atoms with Gasteiger partial charge in [0.15, 0.2) is 0 Å². The number of aromatic nitrogens is 2. The quantitative estimate of drug-likeness (QED) is 0.389. The number of aryl methyl sites for hydroxylation is 2. The van der Waals surface area contributed by atoms with Crippen LogP contribution in [-0.4, -0.2) is 31.2 Å². The maximum absolute atomic E-state index is 13.0. The number of benzene rings is 1. The number of pyridine rings is 1. The molecule has 30 heavy (non-hydrogen) atoms. The first-order chi connectivity index (χ1) is 14.5. The summed E-state index contributed by atoms with van der Waals surface area (Å²) in [6.45, 7) is 4.77. The van der Waals surface area contributed by atoms with Gasteiger partial charge in [0.1, 0.15) is 4.32 Å². The van der Waals surface area contributed by atoms with Crippen molar-refractivity contribution in [3.05, 3.63) is 88.3 Å². The van der Waals surface area contributed by atoms with Crippen LogP contribution in [0.2, 0.25) is 0 Å². The lowest BCUT2D eigenvalue weighted by Gasteiger charge is -2.14. The van der Waals surface area contributed by atoms with E-state index in [1.54, 1.807) is 11.1 Å². The van der Waals surface area contributed by atoms with Gasteiger partial charge >= 0.3 is 0 Å². The van der Waals surface area contributed by atoms with E-state index in [0.29, 0.717) is 15.8 Å². The molecule has 0 atom stereocenters. The van der Waals surface area contributed by atoms with Crippen LogP contribution in [0.15, 0.2) is 65.8 Å². The summed E-state index contributed by atoms with van der Waals surface area (Å²) in [4.78, 5) is 19.6. The first kappa shape index (κ1) is 20.6. The Labute approximate surface area is 186 Å². The summed E-state index contributed by atoms with van der Waals surface area (Å²) in [5.74, 6) is 0.00393. The van der Waals surface area contributed by atoms with Gasteiger partial charge in [0.05, 0.1) is 16.8 Å². The number of carbonyl (C=O) groups is 1. The van der Waals surface area contributed by atoms with Crippen LogP contribution in [0.3, 0.4) is 0 Å². The predicted octanol–water partition coefficient (Wildman–Crippen LogP) is 5.32. The zero-order chi connectivity index (χ0) is 21.1. The third-order valence-corrected chi connectivity index (χ3v) is 6.60. The van der Waals surface area contributed by atoms with Crippen LogP contribution >= 0.6 is 24.0 Å². The summed E-state index contributed by atoms with van der Waals surface area (Å²) in [7, 11) is 0. The summed E-state index contributed by atoms with van der Waals surface area (Å²) < 4.78 is 2.79. The van der Waals surface area contributed by atoms with Gasteiger partial charge in [-0.25, -0.2) is 0 Å². The van der Waals surface area contributed by atoms with E-state index in [-0.39, 0.29) is 5.91 Å². The normalized spacial score (nSPS) is 15.4. The molecule has 1 aliphatic rings. The van der Waals surface area contributed by atoms with Crippen LogP contribution in [0.4, 0.5) is 0 Å². The molecule has 1 aliphatic heterocycles. The average molecular weight is 434 g/mol. The SMILES string of the molecule is Cc1cc(/C=C2\SC(=S)N(CCCc3ccccc3)C2=O)c(C)n1-c1cccnc1. The second-order valence-electron chi connectivity index (χ2n) is 7.30. The molecular weight excluding hydrogens is 410 g/mol. The molecule has 4 rings (SSSR count). The molecule has 1 aromatic carbocycles. The lowest BCUT2D eigenvalue weighted by atomic mass is 10.1. The van der Waals surface area contributed by atoms with Gasteiger partial charge in [-0.2, -0.15) is 0 Å².